The van der Waals surface area contributed by atoms with E-state index in [0.29, 0.717) is 5.69 Å². The Hall–Kier alpha value is -1.25. The minimum atomic E-state index is -0.861. The molecule has 1 aromatic rings. The lowest BCUT2D eigenvalue weighted by atomic mass is 10.0. The second-order valence-corrected chi connectivity index (χ2v) is 3.09. The zero-order valence-corrected chi connectivity index (χ0v) is 8.27. The number of aromatic nitrogens is 1. The summed E-state index contributed by atoms with van der Waals surface area (Å²) in [5.74, 6) is -0.861. The lowest BCUT2D eigenvalue weighted by Crippen LogP contribution is -2.01. The Balaban J connectivity index is 3.29. The number of H-pyrrole nitrogens is 1. The van der Waals surface area contributed by atoms with E-state index in [-0.39, 0.29) is 0 Å². The van der Waals surface area contributed by atoms with Crippen molar-refractivity contribution in [3.63, 3.8) is 0 Å². The lowest BCUT2D eigenvalue weighted by molar-refractivity contribution is 0.0690. The smallest absolute Gasteiger partial charge is 0.352 e. The summed E-state index contributed by atoms with van der Waals surface area (Å²) in [6, 6.07) is 0. The van der Waals surface area contributed by atoms with E-state index in [1.165, 1.54) is 0 Å². The topological polar surface area (TPSA) is 53.1 Å². The van der Waals surface area contributed by atoms with Gasteiger partial charge in [-0.25, -0.2) is 4.79 Å². The highest BCUT2D eigenvalue weighted by Crippen LogP contribution is 2.19. The molecule has 72 valence electrons. The SMILES string of the molecule is CCc1c(C)[nH]c(C(=O)O)c1CC. The van der Waals surface area contributed by atoms with Crippen LogP contribution in [0.15, 0.2) is 0 Å². The van der Waals surface area contributed by atoms with Gasteiger partial charge in [-0.3, -0.25) is 0 Å². The lowest BCUT2D eigenvalue weighted by Gasteiger charge is -1.99. The summed E-state index contributed by atoms with van der Waals surface area (Å²) >= 11 is 0. The molecule has 0 bridgehead atoms. The molecular formula is C10H15NO2. The Bertz CT molecular complexity index is 326. The third kappa shape index (κ3) is 1.59. The molecule has 3 nitrogen and oxygen atoms in total. The van der Waals surface area contributed by atoms with Crippen LogP contribution in [0, 0.1) is 6.92 Å². The van der Waals surface area contributed by atoms with Gasteiger partial charge in [0.25, 0.3) is 0 Å². The van der Waals surface area contributed by atoms with E-state index >= 15 is 0 Å². The molecule has 0 radical (unpaired) electrons. The number of nitrogens with one attached hydrogen (secondary N) is 1. The number of hydrogen-bond acceptors (Lipinski definition) is 1. The number of aromatic amines is 1. The molecule has 0 aliphatic heterocycles. The molecule has 0 fully saturated rings. The summed E-state index contributed by atoms with van der Waals surface area (Å²) in [5, 5.41) is 8.90. The van der Waals surface area contributed by atoms with Crippen molar-refractivity contribution in [1.29, 1.82) is 0 Å². The van der Waals surface area contributed by atoms with Crippen molar-refractivity contribution in [2.45, 2.75) is 33.6 Å². The molecule has 0 aliphatic carbocycles. The van der Waals surface area contributed by atoms with E-state index in [1.54, 1.807) is 0 Å². The number of aromatic carboxylic acids is 1. The fraction of sp³-hybridized carbons (Fsp3) is 0.500. The van der Waals surface area contributed by atoms with Crippen LogP contribution in [-0.2, 0) is 12.8 Å². The molecule has 0 atom stereocenters. The number of rotatable bonds is 3. The zero-order chi connectivity index (χ0) is 10.0. The number of carboxylic acid groups (broad SMARTS) is 1. The van der Waals surface area contributed by atoms with Gasteiger partial charge in [0, 0.05) is 5.69 Å². The molecule has 13 heavy (non-hydrogen) atoms. The van der Waals surface area contributed by atoms with Crippen LogP contribution >= 0.6 is 0 Å². The Kier molecular flexibility index (Phi) is 2.76. The van der Waals surface area contributed by atoms with Crippen molar-refractivity contribution in [2.24, 2.45) is 0 Å². The molecule has 1 aromatic heterocycles. The van der Waals surface area contributed by atoms with Crippen LogP contribution in [0.5, 0.6) is 0 Å². The first-order chi connectivity index (χ1) is 6.11. The number of carbonyl (C=O) groups is 1. The largest absolute Gasteiger partial charge is 0.477 e. The Morgan fingerprint density at radius 1 is 1.31 bits per heavy atom. The van der Waals surface area contributed by atoms with Gasteiger partial charge in [0.15, 0.2) is 0 Å². The average molecular weight is 181 g/mol. The standard InChI is InChI=1S/C10H15NO2/c1-4-7-6(3)11-9(10(12)13)8(7)5-2/h11H,4-5H2,1-3H3,(H,12,13). The zero-order valence-electron chi connectivity index (χ0n) is 8.27. The molecule has 0 spiro atoms. The van der Waals surface area contributed by atoms with Crippen molar-refractivity contribution in [3.8, 4) is 0 Å². The minimum absolute atomic E-state index is 0.358. The van der Waals surface area contributed by atoms with Crippen LogP contribution in [0.4, 0.5) is 0 Å². The summed E-state index contributed by atoms with van der Waals surface area (Å²) in [6.07, 6.45) is 1.66. The molecule has 1 heterocycles. The van der Waals surface area contributed by atoms with Gasteiger partial charge in [0.2, 0.25) is 0 Å². The summed E-state index contributed by atoms with van der Waals surface area (Å²) in [4.78, 5) is 13.7. The molecule has 1 rings (SSSR count). The predicted octanol–water partition coefficient (Wildman–Crippen LogP) is 2.15. The van der Waals surface area contributed by atoms with Gasteiger partial charge in [0.05, 0.1) is 0 Å². The first kappa shape index (κ1) is 9.84. The van der Waals surface area contributed by atoms with E-state index in [1.807, 2.05) is 20.8 Å². The number of aryl methyl sites for hydroxylation is 1. The van der Waals surface area contributed by atoms with Crippen LogP contribution in [0.1, 0.15) is 41.2 Å². The Morgan fingerprint density at radius 2 is 1.85 bits per heavy atom. The van der Waals surface area contributed by atoms with Crippen molar-refractivity contribution in [2.75, 3.05) is 0 Å². The fourth-order valence-corrected chi connectivity index (χ4v) is 1.77. The van der Waals surface area contributed by atoms with Crippen molar-refractivity contribution in [1.82, 2.24) is 4.98 Å². The van der Waals surface area contributed by atoms with Crippen molar-refractivity contribution >= 4 is 5.97 Å². The quantitative estimate of drug-likeness (QED) is 0.750. The van der Waals surface area contributed by atoms with Gasteiger partial charge in [-0.05, 0) is 30.9 Å². The first-order valence-corrected chi connectivity index (χ1v) is 4.55. The van der Waals surface area contributed by atoms with Gasteiger partial charge in [-0.15, -0.1) is 0 Å². The fourth-order valence-electron chi connectivity index (χ4n) is 1.77. The van der Waals surface area contributed by atoms with Crippen LogP contribution in [0.2, 0.25) is 0 Å². The van der Waals surface area contributed by atoms with Crippen LogP contribution < -0.4 is 0 Å². The predicted molar refractivity (Wildman–Crippen MR) is 51.2 cm³/mol. The van der Waals surface area contributed by atoms with Crippen molar-refractivity contribution < 1.29 is 9.90 Å². The van der Waals surface area contributed by atoms with Gasteiger partial charge >= 0.3 is 5.97 Å². The summed E-state index contributed by atoms with van der Waals surface area (Å²) < 4.78 is 0. The van der Waals surface area contributed by atoms with Crippen LogP contribution in [0.3, 0.4) is 0 Å². The van der Waals surface area contributed by atoms with Crippen LogP contribution in [-0.4, -0.2) is 16.1 Å². The van der Waals surface area contributed by atoms with E-state index < -0.39 is 5.97 Å². The Labute approximate surface area is 77.8 Å². The highest BCUT2D eigenvalue weighted by Gasteiger charge is 2.16. The van der Waals surface area contributed by atoms with Gasteiger partial charge in [-0.2, -0.15) is 0 Å². The molecule has 2 N–H and O–H groups in total. The van der Waals surface area contributed by atoms with E-state index in [0.717, 1.165) is 29.7 Å². The molecule has 3 heteroatoms. The third-order valence-electron chi connectivity index (χ3n) is 2.35. The van der Waals surface area contributed by atoms with Gasteiger partial charge in [0.1, 0.15) is 5.69 Å². The minimum Gasteiger partial charge on any atom is -0.477 e. The van der Waals surface area contributed by atoms with E-state index in [4.69, 9.17) is 5.11 Å². The van der Waals surface area contributed by atoms with Crippen LogP contribution in [0.25, 0.3) is 0 Å². The monoisotopic (exact) mass is 181 g/mol. The highest BCUT2D eigenvalue weighted by molar-refractivity contribution is 5.88. The number of carboxylic acids is 1. The molecule has 0 amide bonds. The maximum Gasteiger partial charge on any atom is 0.352 e. The van der Waals surface area contributed by atoms with E-state index in [2.05, 4.69) is 4.98 Å². The third-order valence-corrected chi connectivity index (χ3v) is 2.35. The number of hydrogen-bond donors (Lipinski definition) is 2. The molecule has 0 unspecified atom stereocenters. The second kappa shape index (κ2) is 3.64. The second-order valence-electron chi connectivity index (χ2n) is 3.09. The summed E-state index contributed by atoms with van der Waals surface area (Å²) in [7, 11) is 0. The van der Waals surface area contributed by atoms with Crippen molar-refractivity contribution in [3.05, 3.63) is 22.5 Å². The first-order valence-electron chi connectivity index (χ1n) is 4.55. The Morgan fingerprint density at radius 3 is 2.23 bits per heavy atom. The highest BCUT2D eigenvalue weighted by atomic mass is 16.4. The maximum absolute atomic E-state index is 10.8. The molecule has 0 aromatic carbocycles. The summed E-state index contributed by atoms with van der Waals surface area (Å²) in [5.41, 5.74) is 3.45. The maximum atomic E-state index is 10.8. The molecular weight excluding hydrogens is 166 g/mol. The molecule has 0 saturated heterocycles. The summed E-state index contributed by atoms with van der Waals surface area (Å²) in [6.45, 7) is 5.94. The van der Waals surface area contributed by atoms with Gasteiger partial charge < -0.3 is 10.1 Å². The molecule has 0 saturated carbocycles. The molecule has 0 aliphatic rings. The van der Waals surface area contributed by atoms with Gasteiger partial charge in [-0.1, -0.05) is 13.8 Å². The normalized spacial score (nSPS) is 10.4. The van der Waals surface area contributed by atoms with E-state index in [9.17, 15) is 4.79 Å². The average Bonchev–Trinajstić information content (AvgIpc) is 2.41.